The van der Waals surface area contributed by atoms with Gasteiger partial charge in [-0.25, -0.2) is 0 Å². The summed E-state index contributed by atoms with van der Waals surface area (Å²) in [7, 11) is 0. The van der Waals surface area contributed by atoms with Crippen LogP contribution in [-0.4, -0.2) is 53.1 Å². The van der Waals surface area contributed by atoms with Crippen molar-refractivity contribution in [3.05, 3.63) is 48.0 Å². The van der Waals surface area contributed by atoms with E-state index in [2.05, 4.69) is 5.32 Å². The molecule has 1 fully saturated rings. The van der Waals surface area contributed by atoms with Crippen LogP contribution in [-0.2, 0) is 19.1 Å². The first-order valence-electron chi connectivity index (χ1n) is 10.9. The molecule has 0 unspecified atom stereocenters. The lowest BCUT2D eigenvalue weighted by molar-refractivity contribution is -0.155. The van der Waals surface area contributed by atoms with Crippen molar-refractivity contribution in [1.82, 2.24) is 10.2 Å². The zero-order chi connectivity index (χ0) is 22.7. The van der Waals surface area contributed by atoms with Crippen molar-refractivity contribution in [2.45, 2.75) is 45.8 Å². The summed E-state index contributed by atoms with van der Waals surface area (Å²) in [5, 5.41) is 13.2. The monoisotopic (exact) mass is 428 g/mol. The van der Waals surface area contributed by atoms with Crippen LogP contribution in [0.3, 0.4) is 0 Å². The van der Waals surface area contributed by atoms with Crippen LogP contribution in [0.15, 0.2) is 42.5 Å². The highest BCUT2D eigenvalue weighted by molar-refractivity contribution is 5.96. The molecule has 1 aromatic carbocycles. The molecular formula is C24H32N2O5. The molecule has 0 aromatic heterocycles. The van der Waals surface area contributed by atoms with Crippen molar-refractivity contribution in [2.24, 2.45) is 23.7 Å². The fraction of sp³-hybridized carbons (Fsp3) is 0.542. The minimum atomic E-state index is -0.821. The van der Waals surface area contributed by atoms with Gasteiger partial charge in [0.05, 0.1) is 31.1 Å². The molecule has 7 heteroatoms. The number of allylic oxidation sites excluding steroid dienone is 1. The van der Waals surface area contributed by atoms with Crippen LogP contribution in [0.2, 0.25) is 0 Å². The number of aliphatic hydroxyl groups is 1. The van der Waals surface area contributed by atoms with Gasteiger partial charge in [-0.1, -0.05) is 49.4 Å². The summed E-state index contributed by atoms with van der Waals surface area (Å²) in [6.07, 6.45) is 3.78. The fourth-order valence-corrected chi connectivity index (χ4v) is 4.87. The van der Waals surface area contributed by atoms with E-state index in [1.54, 1.807) is 6.92 Å². The third kappa shape index (κ3) is 4.37. The number of ether oxygens (including phenoxy) is 1. The van der Waals surface area contributed by atoms with E-state index in [1.807, 2.05) is 63.3 Å². The van der Waals surface area contributed by atoms with E-state index >= 15 is 0 Å². The van der Waals surface area contributed by atoms with Crippen molar-refractivity contribution in [1.29, 1.82) is 0 Å². The van der Waals surface area contributed by atoms with Gasteiger partial charge in [-0.3, -0.25) is 14.4 Å². The number of hydrogen-bond acceptors (Lipinski definition) is 5. The molecule has 1 aliphatic carbocycles. The summed E-state index contributed by atoms with van der Waals surface area (Å²) in [5.41, 5.74) is 0.740. The van der Waals surface area contributed by atoms with Crippen molar-refractivity contribution >= 4 is 17.8 Å². The van der Waals surface area contributed by atoms with Crippen LogP contribution in [0, 0.1) is 23.7 Å². The lowest BCUT2D eigenvalue weighted by Gasteiger charge is -2.34. The lowest BCUT2D eigenvalue weighted by atomic mass is 9.70. The molecule has 168 valence electrons. The number of carbonyl (C=O) groups is 3. The fourth-order valence-electron chi connectivity index (χ4n) is 4.87. The Kier molecular flexibility index (Phi) is 7.15. The van der Waals surface area contributed by atoms with E-state index in [-0.39, 0.29) is 37.0 Å². The number of carbonyl (C=O) groups excluding carboxylic acids is 3. The number of aliphatic hydroxyl groups excluding tert-OH is 1. The molecule has 1 saturated heterocycles. The second-order valence-corrected chi connectivity index (χ2v) is 8.59. The molecule has 0 radical (unpaired) electrons. The molecule has 2 aliphatic rings. The predicted octanol–water partition coefficient (Wildman–Crippen LogP) is 2.07. The average Bonchev–Trinajstić information content (AvgIpc) is 3.02. The maximum absolute atomic E-state index is 13.8. The number of fused-ring (bicyclic) bond motifs is 1. The molecule has 2 N–H and O–H groups in total. The molecule has 3 rings (SSSR count). The molecule has 0 saturated carbocycles. The maximum atomic E-state index is 13.8. The van der Waals surface area contributed by atoms with Gasteiger partial charge in [0, 0.05) is 12.0 Å². The SMILES string of the molecule is CCOC(=O)[C@H]1[C@H]2C(=O)N([C@H](CO)c3ccccc3)[C@H](C(=O)NC(C)C)[C@H]2C=C[C@H]1C. The molecule has 0 spiro atoms. The van der Waals surface area contributed by atoms with Crippen LogP contribution in [0.5, 0.6) is 0 Å². The van der Waals surface area contributed by atoms with Gasteiger partial charge in [0.1, 0.15) is 6.04 Å². The Labute approximate surface area is 183 Å². The van der Waals surface area contributed by atoms with Crippen LogP contribution < -0.4 is 5.32 Å². The summed E-state index contributed by atoms with van der Waals surface area (Å²) in [6, 6.07) is 7.56. The second-order valence-electron chi connectivity index (χ2n) is 8.59. The van der Waals surface area contributed by atoms with Gasteiger partial charge in [-0.15, -0.1) is 0 Å². The summed E-state index contributed by atoms with van der Waals surface area (Å²) in [6.45, 7) is 7.23. The Hall–Kier alpha value is -2.67. The van der Waals surface area contributed by atoms with E-state index in [0.29, 0.717) is 0 Å². The number of benzene rings is 1. The van der Waals surface area contributed by atoms with Crippen LogP contribution in [0.25, 0.3) is 0 Å². The highest BCUT2D eigenvalue weighted by Gasteiger charge is 2.58. The number of nitrogens with zero attached hydrogens (tertiary/aromatic N) is 1. The molecule has 1 aromatic rings. The van der Waals surface area contributed by atoms with Crippen molar-refractivity contribution in [2.75, 3.05) is 13.2 Å². The summed E-state index contributed by atoms with van der Waals surface area (Å²) in [5.74, 6) is -3.06. The Morgan fingerprint density at radius 3 is 2.45 bits per heavy atom. The zero-order valence-corrected chi connectivity index (χ0v) is 18.5. The predicted molar refractivity (Wildman–Crippen MR) is 116 cm³/mol. The normalized spacial score (nSPS) is 28.4. The third-order valence-corrected chi connectivity index (χ3v) is 6.16. The Bertz CT molecular complexity index is 838. The molecule has 7 nitrogen and oxygen atoms in total. The molecule has 31 heavy (non-hydrogen) atoms. The molecule has 2 amide bonds. The van der Waals surface area contributed by atoms with Gasteiger partial charge >= 0.3 is 5.97 Å². The zero-order valence-electron chi connectivity index (χ0n) is 18.5. The highest BCUT2D eigenvalue weighted by atomic mass is 16.5. The van der Waals surface area contributed by atoms with Gasteiger partial charge in [0.15, 0.2) is 0 Å². The molecule has 0 bridgehead atoms. The maximum Gasteiger partial charge on any atom is 0.310 e. The number of rotatable bonds is 7. The number of nitrogens with one attached hydrogen (secondary N) is 1. The van der Waals surface area contributed by atoms with Gasteiger partial charge in [0.2, 0.25) is 11.8 Å². The average molecular weight is 429 g/mol. The third-order valence-electron chi connectivity index (χ3n) is 6.16. The van der Waals surface area contributed by atoms with E-state index in [4.69, 9.17) is 4.74 Å². The van der Waals surface area contributed by atoms with E-state index in [9.17, 15) is 19.5 Å². The Morgan fingerprint density at radius 1 is 1.19 bits per heavy atom. The van der Waals surface area contributed by atoms with Crippen LogP contribution >= 0.6 is 0 Å². The van der Waals surface area contributed by atoms with Crippen LogP contribution in [0.4, 0.5) is 0 Å². The molecule has 6 atom stereocenters. The van der Waals surface area contributed by atoms with Crippen molar-refractivity contribution in [3.8, 4) is 0 Å². The minimum absolute atomic E-state index is 0.111. The first-order chi connectivity index (χ1) is 14.8. The van der Waals surface area contributed by atoms with Crippen molar-refractivity contribution < 1.29 is 24.2 Å². The van der Waals surface area contributed by atoms with Crippen molar-refractivity contribution in [3.63, 3.8) is 0 Å². The van der Waals surface area contributed by atoms with Crippen LogP contribution in [0.1, 0.15) is 39.3 Å². The topological polar surface area (TPSA) is 95.9 Å². The summed E-state index contributed by atoms with van der Waals surface area (Å²) >= 11 is 0. The quantitative estimate of drug-likeness (QED) is 0.512. The first-order valence-corrected chi connectivity index (χ1v) is 10.9. The van der Waals surface area contributed by atoms with Gasteiger partial charge in [-0.2, -0.15) is 0 Å². The second kappa shape index (κ2) is 9.64. The molecule has 1 heterocycles. The summed E-state index contributed by atoms with van der Waals surface area (Å²) < 4.78 is 5.28. The first kappa shape index (κ1) is 23.0. The standard InChI is InChI=1S/C24H32N2O5/c1-5-31-24(30)19-15(4)11-12-17-20(19)23(29)26(21(17)22(28)25-14(2)3)18(13-27)16-9-7-6-8-10-16/h6-12,14-15,17-21,27H,5,13H2,1-4H3,(H,25,28)/t15-,17+,18-,19-,20+,21+/m1/s1. The number of esters is 1. The van der Waals surface area contributed by atoms with E-state index < -0.39 is 35.8 Å². The smallest absolute Gasteiger partial charge is 0.310 e. The Balaban J connectivity index is 2.08. The van der Waals surface area contributed by atoms with Gasteiger partial charge < -0.3 is 20.1 Å². The van der Waals surface area contributed by atoms with Gasteiger partial charge in [-0.05, 0) is 32.3 Å². The Morgan fingerprint density at radius 2 is 1.87 bits per heavy atom. The number of amides is 2. The number of hydrogen-bond donors (Lipinski definition) is 2. The van der Waals surface area contributed by atoms with E-state index in [0.717, 1.165) is 5.56 Å². The largest absolute Gasteiger partial charge is 0.466 e. The summed E-state index contributed by atoms with van der Waals surface area (Å²) in [4.78, 5) is 41.3. The highest BCUT2D eigenvalue weighted by Crippen LogP contribution is 2.47. The van der Waals surface area contributed by atoms with Gasteiger partial charge in [0.25, 0.3) is 0 Å². The van der Waals surface area contributed by atoms with E-state index in [1.165, 1.54) is 4.90 Å². The lowest BCUT2D eigenvalue weighted by Crippen LogP contribution is -2.50. The minimum Gasteiger partial charge on any atom is -0.466 e. The number of likely N-dealkylation sites (tertiary alicyclic amines) is 1. The molecule has 1 aliphatic heterocycles. The molecular weight excluding hydrogens is 396 g/mol.